The Morgan fingerprint density at radius 3 is 2.20 bits per heavy atom. The molecule has 0 aromatic carbocycles. The van der Waals surface area contributed by atoms with Crippen LogP contribution in [-0.4, -0.2) is 18.4 Å². The maximum absolute atomic E-state index is 11.4. The van der Waals surface area contributed by atoms with Gasteiger partial charge in [-0.3, -0.25) is 4.79 Å². The van der Waals surface area contributed by atoms with Gasteiger partial charge >= 0.3 is 0 Å². The number of carbonyl (C=O) groups excluding carboxylic acids is 1. The second-order valence-electron chi connectivity index (χ2n) is 5.04. The molecule has 0 radical (unpaired) electrons. The summed E-state index contributed by atoms with van der Waals surface area (Å²) in [5.41, 5.74) is 0. The SMILES string of the molecule is CC(C)CCCC(=O)CCCNC(C)C. The number of ketones is 1. The molecule has 15 heavy (non-hydrogen) atoms. The van der Waals surface area contributed by atoms with Crippen LogP contribution in [0.15, 0.2) is 0 Å². The third-order valence-corrected chi connectivity index (χ3v) is 2.42. The highest BCUT2D eigenvalue weighted by atomic mass is 16.1. The molecule has 0 atom stereocenters. The van der Waals surface area contributed by atoms with Gasteiger partial charge in [-0.15, -0.1) is 0 Å². The Balaban J connectivity index is 3.26. The van der Waals surface area contributed by atoms with Gasteiger partial charge in [0.05, 0.1) is 0 Å². The fourth-order valence-corrected chi connectivity index (χ4v) is 1.51. The van der Waals surface area contributed by atoms with Gasteiger partial charge < -0.3 is 5.32 Å². The van der Waals surface area contributed by atoms with Gasteiger partial charge in [-0.2, -0.15) is 0 Å². The average molecular weight is 213 g/mol. The minimum atomic E-state index is 0.432. The van der Waals surface area contributed by atoms with Gasteiger partial charge in [0.15, 0.2) is 0 Å². The molecule has 2 heteroatoms. The van der Waals surface area contributed by atoms with Crippen LogP contribution < -0.4 is 5.32 Å². The highest BCUT2D eigenvalue weighted by Crippen LogP contribution is 2.08. The summed E-state index contributed by atoms with van der Waals surface area (Å²) in [4.78, 5) is 11.4. The molecule has 0 unspecified atom stereocenters. The standard InChI is InChI=1S/C13H27NO/c1-11(2)7-5-8-13(15)9-6-10-14-12(3)4/h11-12,14H,5-10H2,1-4H3. The average Bonchev–Trinajstić information content (AvgIpc) is 2.11. The highest BCUT2D eigenvalue weighted by Gasteiger charge is 2.02. The lowest BCUT2D eigenvalue weighted by atomic mass is 10.0. The topological polar surface area (TPSA) is 29.1 Å². The van der Waals surface area contributed by atoms with Crippen molar-refractivity contribution in [3.63, 3.8) is 0 Å². The first-order chi connectivity index (χ1) is 7.02. The van der Waals surface area contributed by atoms with Crippen molar-refractivity contribution in [3.8, 4) is 0 Å². The Bertz CT molecular complexity index is 164. The van der Waals surface area contributed by atoms with Crippen LogP contribution in [0.4, 0.5) is 0 Å². The predicted molar refractivity (Wildman–Crippen MR) is 66.1 cm³/mol. The maximum atomic E-state index is 11.4. The van der Waals surface area contributed by atoms with E-state index in [1.165, 1.54) is 6.42 Å². The zero-order valence-corrected chi connectivity index (χ0v) is 10.8. The van der Waals surface area contributed by atoms with Crippen LogP contribution in [0.25, 0.3) is 0 Å². The van der Waals surface area contributed by atoms with Crippen LogP contribution in [0.5, 0.6) is 0 Å². The van der Waals surface area contributed by atoms with E-state index in [0.717, 1.165) is 38.1 Å². The maximum Gasteiger partial charge on any atom is 0.132 e. The molecule has 2 nitrogen and oxygen atoms in total. The molecular weight excluding hydrogens is 186 g/mol. The largest absolute Gasteiger partial charge is 0.315 e. The Morgan fingerprint density at radius 1 is 1.07 bits per heavy atom. The van der Waals surface area contributed by atoms with Crippen molar-refractivity contribution < 1.29 is 4.79 Å². The summed E-state index contributed by atoms with van der Waals surface area (Å²) in [5.74, 6) is 1.15. The van der Waals surface area contributed by atoms with E-state index in [0.29, 0.717) is 11.8 Å². The fraction of sp³-hybridized carbons (Fsp3) is 0.923. The van der Waals surface area contributed by atoms with E-state index in [-0.39, 0.29) is 0 Å². The van der Waals surface area contributed by atoms with Crippen molar-refractivity contribution in [2.75, 3.05) is 6.54 Å². The van der Waals surface area contributed by atoms with E-state index in [4.69, 9.17) is 0 Å². The molecule has 1 N–H and O–H groups in total. The molecule has 0 fully saturated rings. The van der Waals surface area contributed by atoms with E-state index in [1.807, 2.05) is 0 Å². The number of rotatable bonds is 9. The third kappa shape index (κ3) is 11.6. The molecule has 0 spiro atoms. The van der Waals surface area contributed by atoms with E-state index >= 15 is 0 Å². The number of hydrogen-bond donors (Lipinski definition) is 1. The molecular formula is C13H27NO. The van der Waals surface area contributed by atoms with Crippen molar-refractivity contribution >= 4 is 5.78 Å². The summed E-state index contributed by atoms with van der Waals surface area (Å²) in [5, 5.41) is 3.32. The molecule has 0 amide bonds. The molecule has 0 rings (SSSR count). The lowest BCUT2D eigenvalue weighted by Gasteiger charge is -2.07. The van der Waals surface area contributed by atoms with Gasteiger partial charge in [-0.25, -0.2) is 0 Å². The molecule has 0 heterocycles. The summed E-state index contributed by atoms with van der Waals surface area (Å²) in [6.45, 7) is 9.64. The van der Waals surface area contributed by atoms with Gasteiger partial charge in [0.2, 0.25) is 0 Å². The quantitative estimate of drug-likeness (QED) is 0.596. The molecule has 0 aliphatic carbocycles. The Labute approximate surface area is 94.8 Å². The van der Waals surface area contributed by atoms with Crippen LogP contribution in [-0.2, 0) is 4.79 Å². The van der Waals surface area contributed by atoms with E-state index < -0.39 is 0 Å². The van der Waals surface area contributed by atoms with Gasteiger partial charge in [0.1, 0.15) is 5.78 Å². The van der Waals surface area contributed by atoms with E-state index in [1.54, 1.807) is 0 Å². The summed E-state index contributed by atoms with van der Waals surface area (Å²) in [7, 11) is 0. The van der Waals surface area contributed by atoms with E-state index in [2.05, 4.69) is 33.0 Å². The molecule has 0 aliphatic heterocycles. The molecule has 0 saturated carbocycles. The molecule has 0 aliphatic rings. The van der Waals surface area contributed by atoms with Gasteiger partial charge in [-0.1, -0.05) is 34.1 Å². The van der Waals surface area contributed by atoms with Crippen molar-refractivity contribution in [2.45, 2.75) is 65.8 Å². The minimum Gasteiger partial charge on any atom is -0.315 e. The number of Topliss-reactive ketones (excluding diaryl/α,β-unsaturated/α-hetero) is 1. The summed E-state index contributed by atoms with van der Waals surface area (Å²) < 4.78 is 0. The molecule has 90 valence electrons. The Kier molecular flexibility index (Phi) is 8.68. The van der Waals surface area contributed by atoms with Crippen LogP contribution >= 0.6 is 0 Å². The first-order valence-electron chi connectivity index (χ1n) is 6.27. The zero-order valence-electron chi connectivity index (χ0n) is 10.8. The van der Waals surface area contributed by atoms with Gasteiger partial charge in [-0.05, 0) is 25.3 Å². The predicted octanol–water partition coefficient (Wildman–Crippen LogP) is 3.16. The zero-order chi connectivity index (χ0) is 11.7. The second-order valence-corrected chi connectivity index (χ2v) is 5.04. The Hall–Kier alpha value is -0.370. The molecule has 0 aromatic rings. The van der Waals surface area contributed by atoms with E-state index in [9.17, 15) is 4.79 Å². The van der Waals surface area contributed by atoms with Crippen molar-refractivity contribution in [2.24, 2.45) is 5.92 Å². The van der Waals surface area contributed by atoms with Crippen LogP contribution in [0.1, 0.15) is 59.8 Å². The number of nitrogens with one attached hydrogen (secondary N) is 1. The van der Waals surface area contributed by atoms with Crippen LogP contribution in [0.2, 0.25) is 0 Å². The first-order valence-corrected chi connectivity index (χ1v) is 6.27. The lowest BCUT2D eigenvalue weighted by Crippen LogP contribution is -2.24. The Morgan fingerprint density at radius 2 is 1.67 bits per heavy atom. The first kappa shape index (κ1) is 14.6. The second kappa shape index (κ2) is 8.90. The minimum absolute atomic E-state index is 0.432. The summed E-state index contributed by atoms with van der Waals surface area (Å²) in [6, 6.07) is 0.529. The molecule has 0 aromatic heterocycles. The molecule has 0 saturated heterocycles. The van der Waals surface area contributed by atoms with Crippen molar-refractivity contribution in [1.82, 2.24) is 5.32 Å². The monoisotopic (exact) mass is 213 g/mol. The van der Waals surface area contributed by atoms with Crippen LogP contribution in [0.3, 0.4) is 0 Å². The molecule has 0 bridgehead atoms. The summed E-state index contributed by atoms with van der Waals surface area (Å²) >= 11 is 0. The number of carbonyl (C=O) groups is 1. The lowest BCUT2D eigenvalue weighted by molar-refractivity contribution is -0.119. The van der Waals surface area contributed by atoms with Crippen molar-refractivity contribution in [1.29, 1.82) is 0 Å². The fourth-order valence-electron chi connectivity index (χ4n) is 1.51. The normalized spacial score (nSPS) is 11.3. The summed E-state index contributed by atoms with van der Waals surface area (Å²) in [6.07, 6.45) is 4.75. The number of hydrogen-bond acceptors (Lipinski definition) is 2. The van der Waals surface area contributed by atoms with Gasteiger partial charge in [0, 0.05) is 18.9 Å². The third-order valence-electron chi connectivity index (χ3n) is 2.42. The van der Waals surface area contributed by atoms with Gasteiger partial charge in [0.25, 0.3) is 0 Å². The van der Waals surface area contributed by atoms with Crippen molar-refractivity contribution in [3.05, 3.63) is 0 Å². The van der Waals surface area contributed by atoms with Crippen LogP contribution in [0, 0.1) is 5.92 Å². The highest BCUT2D eigenvalue weighted by molar-refractivity contribution is 5.78. The smallest absolute Gasteiger partial charge is 0.132 e.